The second-order valence-corrected chi connectivity index (χ2v) is 6.42. The van der Waals surface area contributed by atoms with Gasteiger partial charge in [0, 0.05) is 13.1 Å². The number of nitrogens with one attached hydrogen (secondary N) is 1. The molecule has 0 spiro atoms. The number of ether oxygens (including phenoxy) is 2. The maximum absolute atomic E-state index is 8.84. The molecule has 0 amide bonds. The summed E-state index contributed by atoms with van der Waals surface area (Å²) in [5.41, 5.74) is 3.02. The molecule has 1 aliphatic carbocycles. The molecule has 1 saturated carbocycles. The van der Waals surface area contributed by atoms with Gasteiger partial charge in [0.1, 0.15) is 0 Å². The smallest absolute Gasteiger partial charge is 0.161 e. The molecule has 1 fully saturated rings. The first kappa shape index (κ1) is 17.3. The summed E-state index contributed by atoms with van der Waals surface area (Å²) in [7, 11) is 1.68. The molecular weight excluding hydrogens is 312 g/mol. The van der Waals surface area contributed by atoms with Gasteiger partial charge in [0.2, 0.25) is 0 Å². The van der Waals surface area contributed by atoms with Gasteiger partial charge in [-0.1, -0.05) is 18.2 Å². The molecule has 0 unspecified atom stereocenters. The fraction of sp³-hybridized carbons (Fsp3) is 0.381. The lowest BCUT2D eigenvalue weighted by molar-refractivity contribution is 0.200. The summed E-state index contributed by atoms with van der Waals surface area (Å²) in [6.45, 7) is 1.52. The van der Waals surface area contributed by atoms with E-state index in [9.17, 15) is 0 Å². The summed E-state index contributed by atoms with van der Waals surface area (Å²) < 4.78 is 11.6. The Balaban J connectivity index is 1.58. The van der Waals surface area contributed by atoms with Crippen LogP contribution in [0.4, 0.5) is 0 Å². The SMILES string of the molecule is COc1ccc(CNCc2ccc(C#N)cc2)cc1OC1CCCC1. The van der Waals surface area contributed by atoms with Crippen molar-refractivity contribution >= 4 is 0 Å². The van der Waals surface area contributed by atoms with Gasteiger partial charge < -0.3 is 14.8 Å². The van der Waals surface area contributed by atoms with Crippen molar-refractivity contribution in [2.75, 3.05) is 7.11 Å². The molecule has 2 aromatic rings. The zero-order valence-corrected chi connectivity index (χ0v) is 14.6. The lowest BCUT2D eigenvalue weighted by atomic mass is 10.1. The van der Waals surface area contributed by atoms with E-state index in [2.05, 4.69) is 23.5 Å². The molecule has 4 nitrogen and oxygen atoms in total. The molecule has 25 heavy (non-hydrogen) atoms. The van der Waals surface area contributed by atoms with Crippen molar-refractivity contribution in [1.29, 1.82) is 5.26 Å². The van der Waals surface area contributed by atoms with Crippen molar-refractivity contribution in [3.8, 4) is 17.6 Å². The minimum absolute atomic E-state index is 0.316. The Morgan fingerprint density at radius 2 is 1.68 bits per heavy atom. The van der Waals surface area contributed by atoms with E-state index in [1.807, 2.05) is 30.3 Å². The van der Waals surface area contributed by atoms with Crippen LogP contribution in [0.15, 0.2) is 42.5 Å². The first-order valence-corrected chi connectivity index (χ1v) is 8.82. The van der Waals surface area contributed by atoms with Crippen molar-refractivity contribution in [3.63, 3.8) is 0 Å². The molecule has 0 bridgehead atoms. The predicted molar refractivity (Wildman–Crippen MR) is 97.6 cm³/mol. The minimum Gasteiger partial charge on any atom is -0.493 e. The molecule has 0 heterocycles. The van der Waals surface area contributed by atoms with Gasteiger partial charge in [-0.05, 0) is 61.1 Å². The summed E-state index contributed by atoms with van der Waals surface area (Å²) in [5.74, 6) is 1.63. The summed E-state index contributed by atoms with van der Waals surface area (Å²) in [6, 6.07) is 15.9. The van der Waals surface area contributed by atoms with Crippen molar-refractivity contribution in [1.82, 2.24) is 5.32 Å². The van der Waals surface area contributed by atoms with Crippen LogP contribution < -0.4 is 14.8 Å². The van der Waals surface area contributed by atoms with E-state index in [4.69, 9.17) is 14.7 Å². The molecule has 4 heteroatoms. The highest BCUT2D eigenvalue weighted by atomic mass is 16.5. The van der Waals surface area contributed by atoms with Crippen LogP contribution in [0.1, 0.15) is 42.4 Å². The topological polar surface area (TPSA) is 54.3 Å². The van der Waals surface area contributed by atoms with Crippen LogP contribution in [0.3, 0.4) is 0 Å². The third-order valence-corrected chi connectivity index (χ3v) is 4.57. The molecule has 0 aromatic heterocycles. The van der Waals surface area contributed by atoms with Gasteiger partial charge in [-0.2, -0.15) is 5.26 Å². The Labute approximate surface area is 149 Å². The van der Waals surface area contributed by atoms with Crippen molar-refractivity contribution in [2.45, 2.75) is 44.9 Å². The second-order valence-electron chi connectivity index (χ2n) is 6.42. The zero-order valence-electron chi connectivity index (χ0n) is 14.6. The Morgan fingerprint density at radius 3 is 2.36 bits per heavy atom. The van der Waals surface area contributed by atoms with Crippen LogP contribution in [0.5, 0.6) is 11.5 Å². The first-order valence-electron chi connectivity index (χ1n) is 8.82. The van der Waals surface area contributed by atoms with Crippen LogP contribution in [0.25, 0.3) is 0 Å². The Morgan fingerprint density at radius 1 is 1.00 bits per heavy atom. The highest BCUT2D eigenvalue weighted by Crippen LogP contribution is 2.32. The number of nitriles is 1. The summed E-state index contributed by atoms with van der Waals surface area (Å²) in [4.78, 5) is 0. The van der Waals surface area contributed by atoms with Gasteiger partial charge in [0.05, 0.1) is 24.8 Å². The lowest BCUT2D eigenvalue weighted by Gasteiger charge is -2.17. The molecule has 0 aliphatic heterocycles. The van der Waals surface area contributed by atoms with E-state index in [1.54, 1.807) is 7.11 Å². The Bertz CT molecular complexity index is 729. The Kier molecular flexibility index (Phi) is 5.92. The standard InChI is InChI=1S/C21H24N2O2/c1-24-20-11-10-18(12-21(20)25-19-4-2-3-5-19)15-23-14-17-8-6-16(13-22)7-9-17/h6-12,19,23H,2-5,14-15H2,1H3. The van der Waals surface area contributed by atoms with Gasteiger partial charge in [-0.25, -0.2) is 0 Å². The maximum Gasteiger partial charge on any atom is 0.161 e. The largest absolute Gasteiger partial charge is 0.493 e. The third kappa shape index (κ3) is 4.74. The molecule has 3 rings (SSSR count). The second kappa shape index (κ2) is 8.55. The molecular formula is C21H24N2O2. The van der Waals surface area contributed by atoms with E-state index in [-0.39, 0.29) is 0 Å². The minimum atomic E-state index is 0.316. The van der Waals surface area contributed by atoms with Gasteiger partial charge in [0.25, 0.3) is 0 Å². The highest BCUT2D eigenvalue weighted by Gasteiger charge is 2.18. The summed E-state index contributed by atoms with van der Waals surface area (Å²) >= 11 is 0. The quantitative estimate of drug-likeness (QED) is 0.824. The number of rotatable bonds is 7. The van der Waals surface area contributed by atoms with Crippen LogP contribution in [0.2, 0.25) is 0 Å². The normalized spacial score (nSPS) is 14.2. The fourth-order valence-corrected chi connectivity index (χ4v) is 3.16. The number of hydrogen-bond acceptors (Lipinski definition) is 4. The van der Waals surface area contributed by atoms with Gasteiger partial charge in [0.15, 0.2) is 11.5 Å². The van der Waals surface area contributed by atoms with Crippen LogP contribution in [-0.4, -0.2) is 13.2 Å². The lowest BCUT2D eigenvalue weighted by Crippen LogP contribution is -2.14. The average Bonchev–Trinajstić information content (AvgIpc) is 3.16. The van der Waals surface area contributed by atoms with Crippen LogP contribution in [-0.2, 0) is 13.1 Å². The van der Waals surface area contributed by atoms with Crippen molar-refractivity contribution < 1.29 is 9.47 Å². The monoisotopic (exact) mass is 336 g/mol. The summed E-state index contributed by atoms with van der Waals surface area (Å²) in [6.07, 6.45) is 5.07. The number of benzene rings is 2. The highest BCUT2D eigenvalue weighted by molar-refractivity contribution is 5.43. The molecule has 0 atom stereocenters. The molecule has 0 radical (unpaired) electrons. The molecule has 1 aliphatic rings. The Hall–Kier alpha value is -2.51. The number of hydrogen-bond donors (Lipinski definition) is 1. The molecule has 130 valence electrons. The van der Waals surface area contributed by atoms with Gasteiger partial charge in [-0.3, -0.25) is 0 Å². The predicted octanol–water partition coefficient (Wildman–Crippen LogP) is 4.18. The molecule has 1 N–H and O–H groups in total. The molecule has 0 saturated heterocycles. The van der Waals surface area contributed by atoms with E-state index in [1.165, 1.54) is 18.4 Å². The van der Waals surface area contributed by atoms with Crippen LogP contribution in [0, 0.1) is 11.3 Å². The number of nitrogens with zero attached hydrogens (tertiary/aromatic N) is 1. The van der Waals surface area contributed by atoms with E-state index < -0.39 is 0 Å². The van der Waals surface area contributed by atoms with Gasteiger partial charge in [-0.15, -0.1) is 0 Å². The van der Waals surface area contributed by atoms with Crippen LogP contribution >= 0.6 is 0 Å². The van der Waals surface area contributed by atoms with Crippen molar-refractivity contribution in [3.05, 3.63) is 59.2 Å². The summed E-state index contributed by atoms with van der Waals surface area (Å²) in [5, 5.41) is 12.3. The fourth-order valence-electron chi connectivity index (χ4n) is 3.16. The van der Waals surface area contributed by atoms with E-state index >= 15 is 0 Å². The molecule has 2 aromatic carbocycles. The third-order valence-electron chi connectivity index (χ3n) is 4.57. The zero-order chi connectivity index (χ0) is 17.5. The van der Waals surface area contributed by atoms with Crippen molar-refractivity contribution in [2.24, 2.45) is 0 Å². The maximum atomic E-state index is 8.84. The first-order chi connectivity index (χ1) is 12.3. The van der Waals surface area contributed by atoms with E-state index in [0.29, 0.717) is 11.7 Å². The number of methoxy groups -OCH3 is 1. The van der Waals surface area contributed by atoms with E-state index in [0.717, 1.165) is 43.0 Å². The van der Waals surface area contributed by atoms with Gasteiger partial charge >= 0.3 is 0 Å². The average molecular weight is 336 g/mol.